The van der Waals surface area contributed by atoms with Crippen molar-refractivity contribution in [3.8, 4) is 5.75 Å². The lowest BCUT2D eigenvalue weighted by molar-refractivity contribution is -0.131. The minimum Gasteiger partial charge on any atom is -0.497 e. The van der Waals surface area contributed by atoms with E-state index < -0.39 is 6.10 Å². The van der Waals surface area contributed by atoms with Crippen molar-refractivity contribution in [1.82, 2.24) is 15.1 Å². The van der Waals surface area contributed by atoms with Crippen molar-refractivity contribution in [2.24, 2.45) is 0 Å². The molecule has 1 aliphatic rings. The van der Waals surface area contributed by atoms with E-state index in [1.807, 2.05) is 29.2 Å². The monoisotopic (exact) mass is 349 g/mol. The number of nitrogens with one attached hydrogen (secondary N) is 1. The van der Waals surface area contributed by atoms with E-state index in [0.717, 1.165) is 11.3 Å². The van der Waals surface area contributed by atoms with Crippen molar-refractivity contribution in [3.05, 3.63) is 29.8 Å². The highest BCUT2D eigenvalue weighted by Crippen LogP contribution is 2.14. The van der Waals surface area contributed by atoms with Crippen LogP contribution in [0.1, 0.15) is 12.0 Å². The molecule has 138 valence electrons. The number of carbonyl (C=O) groups excluding carboxylic acids is 2. The van der Waals surface area contributed by atoms with Crippen LogP contribution >= 0.6 is 0 Å². The zero-order valence-corrected chi connectivity index (χ0v) is 15.1. The van der Waals surface area contributed by atoms with Crippen molar-refractivity contribution in [2.75, 3.05) is 40.8 Å². The molecular formula is C18H27N3O4. The van der Waals surface area contributed by atoms with Crippen LogP contribution in [-0.2, 0) is 16.0 Å². The van der Waals surface area contributed by atoms with E-state index >= 15 is 0 Å². The molecule has 2 N–H and O–H groups in total. The summed E-state index contributed by atoms with van der Waals surface area (Å²) in [6.07, 6.45) is 0.204. The molecule has 0 aromatic heterocycles. The zero-order chi connectivity index (χ0) is 18.4. The Labute approximate surface area is 148 Å². The summed E-state index contributed by atoms with van der Waals surface area (Å²) in [6, 6.07) is 7.06. The number of hydrogen-bond donors (Lipinski definition) is 2. The maximum atomic E-state index is 12.2. The third-order valence-electron chi connectivity index (χ3n) is 4.39. The predicted molar refractivity (Wildman–Crippen MR) is 94.4 cm³/mol. The van der Waals surface area contributed by atoms with Crippen molar-refractivity contribution in [1.29, 1.82) is 0 Å². The standard InChI is InChI=1S/C18H27N3O4/c1-20(2)18(24)12-21-9-8-15(16(22)11-21)19-17(23)10-13-4-6-14(25-3)7-5-13/h4-7,15-16,22H,8-12H2,1-3H3,(H,19,23)/t15-,16-/m1/s1. The lowest BCUT2D eigenvalue weighted by Crippen LogP contribution is -2.55. The third kappa shape index (κ3) is 5.72. The Balaban J connectivity index is 1.80. The first kappa shape index (κ1) is 19.2. The topological polar surface area (TPSA) is 82.1 Å². The number of aliphatic hydroxyl groups excluding tert-OH is 1. The fraction of sp³-hybridized carbons (Fsp3) is 0.556. The van der Waals surface area contributed by atoms with Crippen LogP contribution < -0.4 is 10.1 Å². The molecule has 1 aliphatic heterocycles. The van der Waals surface area contributed by atoms with Crippen LogP contribution in [0.15, 0.2) is 24.3 Å². The second kappa shape index (κ2) is 8.82. The maximum absolute atomic E-state index is 12.2. The highest BCUT2D eigenvalue weighted by Gasteiger charge is 2.29. The molecule has 1 aromatic rings. The fourth-order valence-electron chi connectivity index (χ4n) is 2.83. The molecule has 2 atom stereocenters. The molecule has 0 unspecified atom stereocenters. The van der Waals surface area contributed by atoms with Gasteiger partial charge in [-0.3, -0.25) is 14.5 Å². The molecule has 2 amide bonds. The van der Waals surface area contributed by atoms with E-state index in [1.54, 1.807) is 21.2 Å². The molecule has 7 nitrogen and oxygen atoms in total. The van der Waals surface area contributed by atoms with E-state index in [0.29, 0.717) is 19.5 Å². The largest absolute Gasteiger partial charge is 0.497 e. The van der Waals surface area contributed by atoms with Crippen molar-refractivity contribution >= 4 is 11.8 Å². The molecule has 2 rings (SSSR count). The SMILES string of the molecule is COc1ccc(CC(=O)N[C@@H]2CCN(CC(=O)N(C)C)C[C@H]2O)cc1. The molecule has 0 aliphatic carbocycles. The van der Waals surface area contributed by atoms with E-state index in [9.17, 15) is 14.7 Å². The van der Waals surface area contributed by atoms with Crippen molar-refractivity contribution in [3.63, 3.8) is 0 Å². The van der Waals surface area contributed by atoms with Crippen molar-refractivity contribution < 1.29 is 19.4 Å². The summed E-state index contributed by atoms with van der Waals surface area (Å²) in [7, 11) is 5.03. The number of benzene rings is 1. The molecule has 1 aromatic carbocycles. The van der Waals surface area contributed by atoms with Gasteiger partial charge in [0, 0.05) is 27.2 Å². The summed E-state index contributed by atoms with van der Waals surface area (Å²) >= 11 is 0. The number of rotatable bonds is 6. The highest BCUT2D eigenvalue weighted by atomic mass is 16.5. The Bertz CT molecular complexity index is 588. The lowest BCUT2D eigenvalue weighted by atomic mass is 10.0. The Morgan fingerprint density at radius 2 is 2.00 bits per heavy atom. The van der Waals surface area contributed by atoms with Gasteiger partial charge in [-0.15, -0.1) is 0 Å². The van der Waals surface area contributed by atoms with Gasteiger partial charge in [0.1, 0.15) is 5.75 Å². The number of β-amino-alcohol motifs (C(OH)–C–C–N with tert-alkyl or cyclic N) is 1. The summed E-state index contributed by atoms with van der Waals surface area (Å²) in [6.45, 7) is 1.34. The number of likely N-dealkylation sites (tertiary alicyclic amines) is 1. The van der Waals surface area contributed by atoms with Gasteiger partial charge in [0.15, 0.2) is 0 Å². The van der Waals surface area contributed by atoms with E-state index in [-0.39, 0.29) is 30.8 Å². The van der Waals surface area contributed by atoms with Gasteiger partial charge in [0.2, 0.25) is 11.8 Å². The van der Waals surface area contributed by atoms with Gasteiger partial charge in [-0.2, -0.15) is 0 Å². The minimum atomic E-state index is -0.677. The molecule has 1 fully saturated rings. The summed E-state index contributed by atoms with van der Waals surface area (Å²) in [4.78, 5) is 27.4. The average Bonchev–Trinajstić information content (AvgIpc) is 2.58. The molecular weight excluding hydrogens is 322 g/mol. The van der Waals surface area contributed by atoms with Crippen molar-refractivity contribution in [2.45, 2.75) is 25.0 Å². The molecule has 0 radical (unpaired) electrons. The Kier molecular flexibility index (Phi) is 6.78. The number of aliphatic hydroxyl groups is 1. The third-order valence-corrected chi connectivity index (χ3v) is 4.39. The number of methoxy groups -OCH3 is 1. The number of amides is 2. The van der Waals surface area contributed by atoms with Gasteiger partial charge >= 0.3 is 0 Å². The van der Waals surface area contributed by atoms with Gasteiger partial charge < -0.3 is 20.1 Å². The zero-order valence-electron chi connectivity index (χ0n) is 15.1. The molecule has 25 heavy (non-hydrogen) atoms. The van der Waals surface area contributed by atoms with Crippen LogP contribution in [0.4, 0.5) is 0 Å². The van der Waals surface area contributed by atoms with Crippen LogP contribution in [0.2, 0.25) is 0 Å². The number of carbonyl (C=O) groups is 2. The van der Waals surface area contributed by atoms with Crippen LogP contribution in [0.5, 0.6) is 5.75 Å². The molecule has 0 saturated carbocycles. The summed E-state index contributed by atoms with van der Waals surface area (Å²) in [5.41, 5.74) is 0.891. The maximum Gasteiger partial charge on any atom is 0.236 e. The van der Waals surface area contributed by atoms with Gasteiger partial charge in [0.05, 0.1) is 32.2 Å². The van der Waals surface area contributed by atoms with Crippen LogP contribution in [0.3, 0.4) is 0 Å². The smallest absolute Gasteiger partial charge is 0.236 e. The first-order valence-corrected chi connectivity index (χ1v) is 8.42. The number of likely N-dealkylation sites (N-methyl/N-ethyl adjacent to an activating group) is 1. The Morgan fingerprint density at radius 3 is 2.56 bits per heavy atom. The fourth-order valence-corrected chi connectivity index (χ4v) is 2.83. The van der Waals surface area contributed by atoms with Crippen LogP contribution in [-0.4, -0.2) is 79.7 Å². The number of nitrogens with zero attached hydrogens (tertiary/aromatic N) is 2. The average molecular weight is 349 g/mol. The quantitative estimate of drug-likeness (QED) is 0.748. The van der Waals surface area contributed by atoms with E-state index in [2.05, 4.69) is 5.32 Å². The lowest BCUT2D eigenvalue weighted by Gasteiger charge is -2.36. The number of ether oxygens (including phenoxy) is 1. The second-order valence-electron chi connectivity index (χ2n) is 6.58. The normalized spacial score (nSPS) is 20.8. The summed E-state index contributed by atoms with van der Waals surface area (Å²) in [5.74, 6) is 0.639. The molecule has 0 spiro atoms. The minimum absolute atomic E-state index is 0.00851. The molecule has 0 bridgehead atoms. The Hall–Kier alpha value is -2.12. The molecule has 1 heterocycles. The number of piperidine rings is 1. The first-order valence-electron chi connectivity index (χ1n) is 8.42. The van der Waals surface area contributed by atoms with E-state index in [1.165, 1.54) is 4.90 Å². The Morgan fingerprint density at radius 1 is 1.32 bits per heavy atom. The van der Waals surface area contributed by atoms with Gasteiger partial charge in [0.25, 0.3) is 0 Å². The first-order chi connectivity index (χ1) is 11.9. The number of hydrogen-bond acceptors (Lipinski definition) is 5. The van der Waals surface area contributed by atoms with Crippen LogP contribution in [0.25, 0.3) is 0 Å². The molecule has 1 saturated heterocycles. The second-order valence-corrected chi connectivity index (χ2v) is 6.58. The predicted octanol–water partition coefficient (Wildman–Crippen LogP) is -0.123. The summed E-state index contributed by atoms with van der Waals surface area (Å²) < 4.78 is 5.10. The highest BCUT2D eigenvalue weighted by molar-refractivity contribution is 5.79. The van der Waals surface area contributed by atoms with Gasteiger partial charge in [-0.25, -0.2) is 0 Å². The summed E-state index contributed by atoms with van der Waals surface area (Å²) in [5, 5.41) is 13.2. The van der Waals surface area contributed by atoms with E-state index in [4.69, 9.17) is 4.74 Å². The van der Waals surface area contributed by atoms with Gasteiger partial charge in [-0.05, 0) is 24.1 Å². The van der Waals surface area contributed by atoms with Gasteiger partial charge in [-0.1, -0.05) is 12.1 Å². The molecule has 7 heteroatoms. The van der Waals surface area contributed by atoms with Crippen LogP contribution in [0, 0.1) is 0 Å².